The van der Waals surface area contributed by atoms with Gasteiger partial charge in [0, 0.05) is 12.4 Å². The maximum atomic E-state index is 11.5. The van der Waals surface area contributed by atoms with Crippen LogP contribution in [0.5, 0.6) is 0 Å². The topological polar surface area (TPSA) is 46.9 Å². The van der Waals surface area contributed by atoms with Crippen LogP contribution >= 0.6 is 23.2 Å². The zero-order chi connectivity index (χ0) is 13.1. The monoisotopic (exact) mass is 277 g/mol. The van der Waals surface area contributed by atoms with Crippen LogP contribution in [0.25, 0.3) is 0 Å². The van der Waals surface area contributed by atoms with E-state index in [1.54, 1.807) is 10.9 Å². The average Bonchev–Trinajstić information content (AvgIpc) is 2.67. The van der Waals surface area contributed by atoms with Gasteiger partial charge in [0.15, 0.2) is 4.84 Å². The molecule has 96 valence electrons. The molecule has 1 aromatic heterocycles. The molecule has 0 unspecified atom stereocenters. The highest BCUT2D eigenvalue weighted by atomic mass is 35.5. The number of carbonyl (C=O) groups excluding carboxylic acids is 1. The van der Waals surface area contributed by atoms with Gasteiger partial charge in [-0.05, 0) is 11.5 Å². The molecule has 1 aromatic rings. The van der Waals surface area contributed by atoms with Gasteiger partial charge in [-0.3, -0.25) is 9.48 Å². The molecule has 0 aromatic carbocycles. The molecule has 1 N–H and O–H groups in total. The molecule has 1 atom stereocenters. The van der Waals surface area contributed by atoms with Crippen LogP contribution in [-0.2, 0) is 11.3 Å². The van der Waals surface area contributed by atoms with Gasteiger partial charge in [-0.25, -0.2) is 0 Å². The second-order valence-corrected chi connectivity index (χ2v) is 6.05. The minimum absolute atomic E-state index is 0.0881. The number of amides is 1. The SMILES string of the molecule is CC(C)(C)[C@@H](Cn1cccn1)NC(=O)C(Cl)Cl. The summed E-state index contributed by atoms with van der Waals surface area (Å²) in [5, 5.41) is 6.95. The first-order chi connectivity index (χ1) is 7.80. The maximum absolute atomic E-state index is 11.5. The maximum Gasteiger partial charge on any atom is 0.253 e. The van der Waals surface area contributed by atoms with E-state index in [-0.39, 0.29) is 17.4 Å². The Kier molecular flexibility index (Phi) is 4.83. The van der Waals surface area contributed by atoms with Crippen molar-refractivity contribution in [3.05, 3.63) is 18.5 Å². The summed E-state index contributed by atoms with van der Waals surface area (Å²) in [4.78, 5) is 10.5. The second kappa shape index (κ2) is 5.74. The van der Waals surface area contributed by atoms with Crippen molar-refractivity contribution in [1.82, 2.24) is 15.1 Å². The van der Waals surface area contributed by atoms with Crippen molar-refractivity contribution in [2.45, 2.75) is 38.2 Å². The lowest BCUT2D eigenvalue weighted by Crippen LogP contribution is -2.48. The van der Waals surface area contributed by atoms with Crippen molar-refractivity contribution in [1.29, 1.82) is 0 Å². The number of nitrogens with one attached hydrogen (secondary N) is 1. The fourth-order valence-electron chi connectivity index (χ4n) is 1.37. The van der Waals surface area contributed by atoms with Crippen LogP contribution in [0.4, 0.5) is 0 Å². The zero-order valence-corrected chi connectivity index (χ0v) is 11.7. The smallest absolute Gasteiger partial charge is 0.253 e. The number of hydrogen-bond acceptors (Lipinski definition) is 2. The summed E-state index contributed by atoms with van der Waals surface area (Å²) in [6.45, 7) is 6.71. The van der Waals surface area contributed by atoms with E-state index in [1.165, 1.54) is 0 Å². The molecule has 0 aliphatic heterocycles. The number of nitrogens with zero attached hydrogens (tertiary/aromatic N) is 2. The molecule has 0 fully saturated rings. The Hall–Kier alpha value is -0.740. The first-order valence-electron chi connectivity index (χ1n) is 5.36. The largest absolute Gasteiger partial charge is 0.349 e. The van der Waals surface area contributed by atoms with Crippen molar-refractivity contribution in [3.63, 3.8) is 0 Å². The summed E-state index contributed by atoms with van der Waals surface area (Å²) in [5.74, 6) is -0.375. The van der Waals surface area contributed by atoms with E-state index in [0.29, 0.717) is 6.54 Å². The van der Waals surface area contributed by atoms with Crippen LogP contribution in [0.1, 0.15) is 20.8 Å². The Morgan fingerprint density at radius 3 is 2.53 bits per heavy atom. The number of rotatable bonds is 4. The molecule has 4 nitrogen and oxygen atoms in total. The van der Waals surface area contributed by atoms with E-state index in [1.807, 2.05) is 33.0 Å². The van der Waals surface area contributed by atoms with Crippen LogP contribution in [-0.4, -0.2) is 26.6 Å². The lowest BCUT2D eigenvalue weighted by atomic mass is 9.86. The molecular formula is C11H17Cl2N3O. The van der Waals surface area contributed by atoms with Crippen molar-refractivity contribution >= 4 is 29.1 Å². The van der Waals surface area contributed by atoms with Gasteiger partial charge in [-0.15, -0.1) is 0 Å². The highest BCUT2D eigenvalue weighted by Crippen LogP contribution is 2.21. The minimum Gasteiger partial charge on any atom is -0.349 e. The van der Waals surface area contributed by atoms with Crippen LogP contribution in [0.15, 0.2) is 18.5 Å². The van der Waals surface area contributed by atoms with Gasteiger partial charge in [0.1, 0.15) is 0 Å². The first-order valence-corrected chi connectivity index (χ1v) is 6.24. The Morgan fingerprint density at radius 1 is 1.47 bits per heavy atom. The van der Waals surface area contributed by atoms with Crippen LogP contribution in [0.3, 0.4) is 0 Å². The summed E-state index contributed by atoms with van der Waals surface area (Å²) >= 11 is 11.1. The van der Waals surface area contributed by atoms with Gasteiger partial charge in [0.2, 0.25) is 0 Å². The van der Waals surface area contributed by atoms with Crippen molar-refractivity contribution < 1.29 is 4.79 Å². The van der Waals surface area contributed by atoms with Crippen molar-refractivity contribution in [2.24, 2.45) is 5.41 Å². The van der Waals surface area contributed by atoms with Crippen LogP contribution in [0.2, 0.25) is 0 Å². The lowest BCUT2D eigenvalue weighted by molar-refractivity contribution is -0.121. The molecule has 0 radical (unpaired) electrons. The van der Waals surface area contributed by atoms with E-state index >= 15 is 0 Å². The lowest BCUT2D eigenvalue weighted by Gasteiger charge is -2.31. The van der Waals surface area contributed by atoms with Gasteiger partial charge in [0.25, 0.3) is 5.91 Å². The summed E-state index contributed by atoms with van der Waals surface area (Å²) in [7, 11) is 0. The standard InChI is InChI=1S/C11H17Cl2N3O/c1-11(2,3)8(15-10(17)9(12)13)7-16-6-4-5-14-16/h4-6,8-9H,7H2,1-3H3,(H,15,17)/t8-/m1/s1. The number of carbonyl (C=O) groups is 1. The van der Waals surface area contributed by atoms with E-state index in [4.69, 9.17) is 23.2 Å². The Morgan fingerprint density at radius 2 is 2.12 bits per heavy atom. The highest BCUT2D eigenvalue weighted by Gasteiger charge is 2.28. The van der Waals surface area contributed by atoms with Crippen molar-refractivity contribution in [3.8, 4) is 0 Å². The number of alkyl halides is 2. The van der Waals surface area contributed by atoms with E-state index in [9.17, 15) is 4.79 Å². The minimum atomic E-state index is -1.04. The summed E-state index contributed by atoms with van der Waals surface area (Å²) in [5.41, 5.74) is -0.107. The van der Waals surface area contributed by atoms with Gasteiger partial charge in [-0.2, -0.15) is 5.10 Å². The quantitative estimate of drug-likeness (QED) is 0.858. The Labute approximate surface area is 111 Å². The molecule has 17 heavy (non-hydrogen) atoms. The van der Waals surface area contributed by atoms with Crippen LogP contribution in [0, 0.1) is 5.41 Å². The van der Waals surface area contributed by atoms with Gasteiger partial charge in [-0.1, -0.05) is 44.0 Å². The predicted octanol–water partition coefficient (Wildman–Crippen LogP) is 2.22. The Balaban J connectivity index is 2.72. The molecule has 1 amide bonds. The van der Waals surface area contributed by atoms with E-state index in [0.717, 1.165) is 0 Å². The molecule has 0 aliphatic carbocycles. The highest BCUT2D eigenvalue weighted by molar-refractivity contribution is 6.53. The van der Waals surface area contributed by atoms with Crippen molar-refractivity contribution in [2.75, 3.05) is 0 Å². The molecule has 1 rings (SSSR count). The molecule has 0 saturated heterocycles. The Bertz CT molecular complexity index is 357. The van der Waals surface area contributed by atoms with Gasteiger partial charge in [0.05, 0.1) is 12.6 Å². The predicted molar refractivity (Wildman–Crippen MR) is 69.1 cm³/mol. The van der Waals surface area contributed by atoms with E-state index < -0.39 is 4.84 Å². The first kappa shape index (κ1) is 14.3. The summed E-state index contributed by atoms with van der Waals surface area (Å²) < 4.78 is 1.77. The molecule has 0 aliphatic rings. The van der Waals surface area contributed by atoms with Crippen LogP contribution < -0.4 is 5.32 Å². The third kappa shape index (κ3) is 4.56. The summed E-state index contributed by atoms with van der Waals surface area (Å²) in [6, 6.07) is 1.75. The molecule has 0 bridgehead atoms. The second-order valence-electron chi connectivity index (χ2n) is 4.96. The zero-order valence-electron chi connectivity index (χ0n) is 10.2. The third-order valence-corrected chi connectivity index (χ3v) is 2.89. The molecule has 1 heterocycles. The number of hydrogen-bond donors (Lipinski definition) is 1. The van der Waals surface area contributed by atoms with Gasteiger partial charge >= 0.3 is 0 Å². The number of halogens is 2. The van der Waals surface area contributed by atoms with Gasteiger partial charge < -0.3 is 5.32 Å². The fourth-order valence-corrected chi connectivity index (χ4v) is 1.49. The fraction of sp³-hybridized carbons (Fsp3) is 0.636. The third-order valence-electron chi connectivity index (χ3n) is 2.49. The average molecular weight is 278 g/mol. The summed E-state index contributed by atoms with van der Waals surface area (Å²) in [6.07, 6.45) is 3.55. The molecule has 0 spiro atoms. The van der Waals surface area contributed by atoms with E-state index in [2.05, 4.69) is 10.4 Å². The normalized spacial score (nSPS) is 13.8. The molecule has 6 heteroatoms. The number of aromatic nitrogens is 2. The molecular weight excluding hydrogens is 261 g/mol. The molecule has 0 saturated carbocycles.